The zero-order valence-electron chi connectivity index (χ0n) is 20.7. The van der Waals surface area contributed by atoms with E-state index in [-0.39, 0.29) is 17.0 Å². The first-order chi connectivity index (χ1) is 17.0. The molecular weight excluding hydrogens is 481 g/mol. The number of halogens is 1. The van der Waals surface area contributed by atoms with Crippen molar-refractivity contribution >= 4 is 27.5 Å². The van der Waals surface area contributed by atoms with Crippen molar-refractivity contribution in [1.82, 2.24) is 10.2 Å². The minimum Gasteiger partial charge on any atom is -0.357 e. The van der Waals surface area contributed by atoms with Crippen LogP contribution in [-0.4, -0.2) is 44.8 Å². The van der Waals surface area contributed by atoms with Gasteiger partial charge in [-0.3, -0.25) is 13.9 Å². The Morgan fingerprint density at radius 2 is 1.61 bits per heavy atom. The molecule has 36 heavy (non-hydrogen) atoms. The number of sulfonamides is 1. The number of nitrogens with one attached hydrogen (secondary N) is 1. The van der Waals surface area contributed by atoms with E-state index in [2.05, 4.69) is 5.32 Å². The summed E-state index contributed by atoms with van der Waals surface area (Å²) in [6.45, 7) is 4.41. The smallest absolute Gasteiger partial charge is 0.264 e. The molecule has 9 heteroatoms. The molecule has 3 aromatic carbocycles. The van der Waals surface area contributed by atoms with Crippen LogP contribution in [0.25, 0.3) is 0 Å². The number of likely N-dealkylation sites (N-methyl/N-ethyl adjacent to an activating group) is 1. The van der Waals surface area contributed by atoms with E-state index in [1.54, 1.807) is 36.4 Å². The van der Waals surface area contributed by atoms with Gasteiger partial charge in [-0.15, -0.1) is 0 Å². The van der Waals surface area contributed by atoms with E-state index in [0.29, 0.717) is 5.69 Å². The highest BCUT2D eigenvalue weighted by Crippen LogP contribution is 2.26. The summed E-state index contributed by atoms with van der Waals surface area (Å²) in [5, 5.41) is 2.50. The van der Waals surface area contributed by atoms with Crippen LogP contribution in [0.2, 0.25) is 0 Å². The van der Waals surface area contributed by atoms with Crippen molar-refractivity contribution in [3.8, 4) is 0 Å². The molecule has 1 atom stereocenters. The van der Waals surface area contributed by atoms with Gasteiger partial charge in [0.2, 0.25) is 11.8 Å². The number of benzene rings is 3. The number of nitrogens with zero attached hydrogens (tertiary/aromatic N) is 2. The van der Waals surface area contributed by atoms with Crippen molar-refractivity contribution in [1.29, 1.82) is 0 Å². The molecule has 0 fully saturated rings. The minimum absolute atomic E-state index is 0.0300. The molecule has 0 aliphatic rings. The molecule has 190 valence electrons. The maximum Gasteiger partial charge on any atom is 0.264 e. The predicted octanol–water partition coefficient (Wildman–Crippen LogP) is 3.80. The average Bonchev–Trinajstić information content (AvgIpc) is 2.85. The Bertz CT molecular complexity index is 1340. The molecule has 2 amide bonds. The second-order valence-corrected chi connectivity index (χ2v) is 10.4. The Labute approximate surface area is 211 Å². The third-order valence-corrected chi connectivity index (χ3v) is 7.68. The van der Waals surface area contributed by atoms with E-state index in [1.807, 2.05) is 19.9 Å². The van der Waals surface area contributed by atoms with Crippen LogP contribution in [0.5, 0.6) is 0 Å². The average molecular weight is 512 g/mol. The number of carbonyl (C=O) groups is 2. The van der Waals surface area contributed by atoms with E-state index >= 15 is 0 Å². The van der Waals surface area contributed by atoms with Crippen LogP contribution in [0.3, 0.4) is 0 Å². The first-order valence-corrected chi connectivity index (χ1v) is 12.9. The molecule has 0 unspecified atom stereocenters. The van der Waals surface area contributed by atoms with E-state index < -0.39 is 40.2 Å². The number of hydrogen-bond acceptors (Lipinski definition) is 4. The summed E-state index contributed by atoms with van der Waals surface area (Å²) >= 11 is 0. The Morgan fingerprint density at radius 1 is 0.944 bits per heavy atom. The van der Waals surface area contributed by atoms with Crippen molar-refractivity contribution in [3.63, 3.8) is 0 Å². The summed E-state index contributed by atoms with van der Waals surface area (Å²) < 4.78 is 42.9. The van der Waals surface area contributed by atoms with Crippen molar-refractivity contribution in [2.45, 2.75) is 38.3 Å². The molecule has 1 N–H and O–H groups in total. The molecule has 0 aliphatic carbocycles. The van der Waals surface area contributed by atoms with E-state index in [0.717, 1.165) is 15.4 Å². The fraction of sp³-hybridized carbons (Fsp3) is 0.259. The van der Waals surface area contributed by atoms with Crippen LogP contribution in [0.1, 0.15) is 23.6 Å². The lowest BCUT2D eigenvalue weighted by Gasteiger charge is -2.32. The van der Waals surface area contributed by atoms with E-state index in [4.69, 9.17) is 0 Å². The van der Waals surface area contributed by atoms with Gasteiger partial charge in [-0.05, 0) is 56.7 Å². The Balaban J connectivity index is 2.05. The van der Waals surface area contributed by atoms with Crippen LogP contribution in [0, 0.1) is 19.7 Å². The minimum atomic E-state index is -4.14. The van der Waals surface area contributed by atoms with Crippen molar-refractivity contribution in [2.75, 3.05) is 17.9 Å². The number of carbonyl (C=O) groups excluding carboxylic acids is 2. The zero-order valence-corrected chi connectivity index (χ0v) is 21.5. The number of anilines is 1. The van der Waals surface area contributed by atoms with Crippen LogP contribution in [0.15, 0.2) is 77.7 Å². The third-order valence-electron chi connectivity index (χ3n) is 5.89. The van der Waals surface area contributed by atoms with Gasteiger partial charge >= 0.3 is 0 Å². The summed E-state index contributed by atoms with van der Waals surface area (Å²) in [5.41, 5.74) is 2.22. The number of hydrogen-bond donors (Lipinski definition) is 1. The molecule has 0 saturated heterocycles. The first-order valence-electron chi connectivity index (χ1n) is 11.4. The van der Waals surface area contributed by atoms with Crippen LogP contribution in [0.4, 0.5) is 10.1 Å². The molecule has 0 heterocycles. The fourth-order valence-corrected chi connectivity index (χ4v) is 5.16. The predicted molar refractivity (Wildman–Crippen MR) is 137 cm³/mol. The van der Waals surface area contributed by atoms with Gasteiger partial charge in [-0.25, -0.2) is 12.8 Å². The Morgan fingerprint density at radius 3 is 2.22 bits per heavy atom. The van der Waals surface area contributed by atoms with Gasteiger partial charge in [0.1, 0.15) is 18.4 Å². The molecule has 0 radical (unpaired) electrons. The lowest BCUT2D eigenvalue weighted by Crippen LogP contribution is -2.50. The summed E-state index contributed by atoms with van der Waals surface area (Å²) in [5.74, 6) is -1.63. The second kappa shape index (κ2) is 11.3. The SMILES string of the molecule is CNC(=O)[C@@H](C)N(Cc1ccccc1F)C(=O)CN(c1cccc(C)c1)S(=O)(=O)c1ccc(C)cc1. The summed E-state index contributed by atoms with van der Waals surface area (Å²) in [7, 11) is -2.70. The summed E-state index contributed by atoms with van der Waals surface area (Å²) in [6.07, 6.45) is 0. The Hall–Kier alpha value is -3.72. The molecule has 3 rings (SSSR count). The first kappa shape index (κ1) is 26.9. The number of amides is 2. The highest BCUT2D eigenvalue weighted by atomic mass is 32.2. The van der Waals surface area contributed by atoms with Gasteiger partial charge in [-0.2, -0.15) is 0 Å². The number of rotatable bonds is 9. The van der Waals surface area contributed by atoms with Crippen LogP contribution < -0.4 is 9.62 Å². The lowest BCUT2D eigenvalue weighted by atomic mass is 10.1. The molecule has 0 saturated carbocycles. The molecule has 0 aromatic heterocycles. The third kappa shape index (κ3) is 6.09. The largest absolute Gasteiger partial charge is 0.357 e. The summed E-state index contributed by atoms with van der Waals surface area (Å²) in [4.78, 5) is 27.3. The van der Waals surface area contributed by atoms with Gasteiger partial charge in [0, 0.05) is 19.2 Å². The zero-order chi connectivity index (χ0) is 26.5. The van der Waals surface area contributed by atoms with Crippen molar-refractivity contribution < 1.29 is 22.4 Å². The standard InChI is InChI=1S/C27H30FN3O4S/c1-19-12-14-24(15-13-19)36(34,35)31(23-10-7-8-20(2)16-23)18-26(32)30(21(3)27(33)29-4)17-22-9-5-6-11-25(22)28/h5-16,21H,17-18H2,1-4H3,(H,29,33)/t21-/m1/s1. The maximum absolute atomic E-state index is 14.4. The molecule has 0 spiro atoms. The number of aryl methyl sites for hydroxylation is 2. The summed E-state index contributed by atoms with van der Waals surface area (Å²) in [6, 6.07) is 18.1. The molecule has 7 nitrogen and oxygen atoms in total. The van der Waals surface area contributed by atoms with Gasteiger partial charge in [-0.1, -0.05) is 48.0 Å². The monoisotopic (exact) mass is 511 g/mol. The lowest BCUT2D eigenvalue weighted by molar-refractivity contribution is -0.139. The maximum atomic E-state index is 14.4. The van der Waals surface area contributed by atoms with E-state index in [1.165, 1.54) is 49.2 Å². The highest BCUT2D eigenvalue weighted by molar-refractivity contribution is 7.92. The van der Waals surface area contributed by atoms with E-state index in [9.17, 15) is 22.4 Å². The molecule has 0 aliphatic heterocycles. The Kier molecular flexibility index (Phi) is 8.47. The van der Waals surface area contributed by atoms with Gasteiger partial charge in [0.25, 0.3) is 10.0 Å². The molecular formula is C27H30FN3O4S. The normalized spacial score (nSPS) is 12.0. The van der Waals surface area contributed by atoms with Gasteiger partial charge < -0.3 is 10.2 Å². The van der Waals surface area contributed by atoms with Gasteiger partial charge in [0.15, 0.2) is 0 Å². The topological polar surface area (TPSA) is 86.8 Å². The van der Waals surface area contributed by atoms with Crippen LogP contribution >= 0.6 is 0 Å². The highest BCUT2D eigenvalue weighted by Gasteiger charge is 2.32. The van der Waals surface area contributed by atoms with Crippen molar-refractivity contribution in [2.24, 2.45) is 0 Å². The van der Waals surface area contributed by atoms with Gasteiger partial charge in [0.05, 0.1) is 10.6 Å². The molecule has 3 aromatic rings. The van der Waals surface area contributed by atoms with Crippen LogP contribution in [-0.2, 0) is 26.2 Å². The van der Waals surface area contributed by atoms with Crippen molar-refractivity contribution in [3.05, 3.63) is 95.3 Å². The fourth-order valence-electron chi connectivity index (χ4n) is 3.75. The molecule has 0 bridgehead atoms. The quantitative estimate of drug-likeness (QED) is 0.474. The second-order valence-electron chi connectivity index (χ2n) is 8.57.